The molecular weight excluding hydrogens is 1040 g/mol. The maximum Gasteiger partial charge on any atom is 0.135 e. The molecule has 0 saturated heterocycles. The summed E-state index contributed by atoms with van der Waals surface area (Å²) in [6.45, 7) is 9.87. The quantitative estimate of drug-likeness (QED) is 0.154. The second-order valence-corrected chi connectivity index (χ2v) is 19.7. The summed E-state index contributed by atoms with van der Waals surface area (Å²) in [7, 11) is 0. The van der Waals surface area contributed by atoms with E-state index in [1.807, 2.05) is 106 Å². The van der Waals surface area contributed by atoms with Gasteiger partial charge in [0.25, 0.3) is 0 Å². The standard InChI is InChI=1S/C63H51N4O2.Pt/c1-40-32-60-64-38-54(40)42-24-27-46(28-25-42)69-59-23-14-11-20-50(59)53-35-44(63(5,6)7)34-51(41-16-9-8-10-17-41)61(53)66-39-65(56-21-12-13-22-57(56)66)45-18-15-19-47(36-45)68-48-29-30-49-52-33-43(62(2,3)4)26-31-55(52)67(60)58(49)37-48;/h8-35,38-39H,1-7H3;/q-3;/i1D3,26D,31D,33D;. The molecule has 0 amide bonds. The van der Waals surface area contributed by atoms with Gasteiger partial charge in [-0.25, -0.2) is 4.98 Å². The average Bonchev–Trinajstić information content (AvgIpc) is 4.01. The molecule has 0 aliphatic carbocycles. The van der Waals surface area contributed by atoms with Crippen LogP contribution in [0.2, 0.25) is 0 Å². The predicted molar refractivity (Wildman–Crippen MR) is 286 cm³/mol. The summed E-state index contributed by atoms with van der Waals surface area (Å²) in [4.78, 5) is 4.92. The van der Waals surface area contributed by atoms with E-state index < -0.39 is 12.3 Å². The molecule has 0 saturated carbocycles. The third-order valence-corrected chi connectivity index (χ3v) is 13.0. The van der Waals surface area contributed by atoms with Crippen LogP contribution in [0.25, 0.3) is 105 Å². The van der Waals surface area contributed by atoms with E-state index in [0.29, 0.717) is 60.5 Å². The van der Waals surface area contributed by atoms with Gasteiger partial charge in [-0.3, -0.25) is 0 Å². The monoisotopic (exact) mass is 1100 g/mol. The van der Waals surface area contributed by atoms with Gasteiger partial charge in [-0.1, -0.05) is 156 Å². The van der Waals surface area contributed by atoms with Crippen LogP contribution in [-0.4, -0.2) is 18.5 Å². The summed E-state index contributed by atoms with van der Waals surface area (Å²) in [5.41, 5.74) is 9.08. The zero-order valence-electron chi connectivity index (χ0n) is 45.5. The van der Waals surface area contributed by atoms with Crippen molar-refractivity contribution < 1.29 is 38.1 Å². The SMILES string of the molecule is [2H]c1c(C(C)(C)C)c([2H])c2c3ccc4[c-]c3n(c3cc(C([2H])([2H])[2H])c(cn3)c3ccc(cc3)oc3ccccc3c3cc(C(C)(C)C)cc(-c5ccccc5)c3n3[cH-]n(c5[c-]c(ccc5)o4)-c4ccccc4-3)c2c1[2H].[Pt]. The third-order valence-electron chi connectivity index (χ3n) is 13.0. The van der Waals surface area contributed by atoms with Crippen LogP contribution < -0.4 is 0 Å². The van der Waals surface area contributed by atoms with Crippen molar-refractivity contribution in [2.45, 2.75) is 59.2 Å². The molecule has 7 heteroatoms. The Balaban J connectivity index is 0.00000616. The van der Waals surface area contributed by atoms with Gasteiger partial charge in [0.15, 0.2) is 0 Å². The van der Waals surface area contributed by atoms with Crippen molar-refractivity contribution in [3.63, 3.8) is 0 Å². The van der Waals surface area contributed by atoms with Crippen LogP contribution in [0.4, 0.5) is 0 Å². The second-order valence-electron chi connectivity index (χ2n) is 19.7. The first-order valence-corrected chi connectivity index (χ1v) is 23.2. The number of rotatable bonds is 1. The molecule has 6 nitrogen and oxygen atoms in total. The van der Waals surface area contributed by atoms with E-state index in [1.165, 1.54) is 12.3 Å². The molecule has 5 aromatic heterocycles. The smallest absolute Gasteiger partial charge is 0.135 e. The molecule has 13 aromatic rings. The Kier molecular flexibility index (Phi) is 9.39. The molecule has 0 radical (unpaired) electrons. The molecule has 1 aliphatic heterocycles. The molecule has 70 heavy (non-hydrogen) atoms. The molecule has 10 bridgehead atoms. The van der Waals surface area contributed by atoms with Gasteiger partial charge >= 0.3 is 0 Å². The number of aryl methyl sites for hydroxylation is 1. The van der Waals surface area contributed by atoms with Crippen LogP contribution in [0.1, 0.15) is 66.5 Å². The van der Waals surface area contributed by atoms with Crippen LogP contribution in [0.3, 0.4) is 0 Å². The molecular formula is C63H51N4O2Pt-3. The van der Waals surface area contributed by atoms with Gasteiger partial charge < -0.3 is 22.4 Å². The number of para-hydroxylation sites is 3. The van der Waals surface area contributed by atoms with Crippen molar-refractivity contribution in [1.82, 2.24) is 18.5 Å². The van der Waals surface area contributed by atoms with Crippen LogP contribution in [0, 0.1) is 19.0 Å². The minimum atomic E-state index is -2.60. The minimum absolute atomic E-state index is 0. The van der Waals surface area contributed by atoms with Crippen LogP contribution in [0.15, 0.2) is 191 Å². The maximum atomic E-state index is 9.62. The van der Waals surface area contributed by atoms with Crippen molar-refractivity contribution in [2.24, 2.45) is 0 Å². The summed E-state index contributed by atoms with van der Waals surface area (Å²) in [6, 6.07) is 56.5. The number of aromatic nitrogens is 4. The fourth-order valence-electron chi connectivity index (χ4n) is 9.39. The Morgan fingerprint density at radius 3 is 2.11 bits per heavy atom. The Morgan fingerprint density at radius 2 is 1.34 bits per heavy atom. The van der Waals surface area contributed by atoms with Crippen LogP contribution in [-0.2, 0) is 31.9 Å². The molecule has 0 atom stereocenters. The molecule has 8 aromatic carbocycles. The van der Waals surface area contributed by atoms with E-state index in [1.54, 1.807) is 10.5 Å². The summed E-state index contributed by atoms with van der Waals surface area (Å²) >= 11 is 0. The average molecular weight is 1100 g/mol. The van der Waals surface area contributed by atoms with Gasteiger partial charge in [-0.15, -0.1) is 29.1 Å². The molecule has 0 N–H and O–H groups in total. The molecule has 0 spiro atoms. The van der Waals surface area contributed by atoms with Gasteiger partial charge in [0.2, 0.25) is 0 Å². The van der Waals surface area contributed by atoms with Crippen LogP contribution >= 0.6 is 0 Å². The van der Waals surface area contributed by atoms with Gasteiger partial charge in [0.1, 0.15) is 16.8 Å². The number of imidazole rings is 1. The number of hydrogen-bond acceptors (Lipinski definition) is 3. The van der Waals surface area contributed by atoms with Crippen molar-refractivity contribution in [1.29, 1.82) is 0 Å². The van der Waals surface area contributed by atoms with E-state index in [0.717, 1.165) is 44.4 Å². The number of hydrogen-bond donors (Lipinski definition) is 0. The van der Waals surface area contributed by atoms with Gasteiger partial charge in [-0.05, 0) is 109 Å². The molecule has 0 fully saturated rings. The van der Waals surface area contributed by atoms with Gasteiger partial charge in [-0.2, -0.15) is 24.3 Å². The zero-order chi connectivity index (χ0) is 52.3. The zero-order valence-corrected chi connectivity index (χ0v) is 41.8. The first kappa shape index (κ1) is 38.3. The number of benzene rings is 8. The van der Waals surface area contributed by atoms with Crippen molar-refractivity contribution >= 4 is 82.4 Å². The largest absolute Gasteiger partial charge is 0.510 e. The fraction of sp³-hybridized carbons (Fsp3) is 0.143. The first-order valence-electron chi connectivity index (χ1n) is 26.2. The van der Waals surface area contributed by atoms with E-state index >= 15 is 0 Å². The number of pyridine rings is 1. The van der Waals surface area contributed by atoms with E-state index in [9.17, 15) is 4.11 Å². The summed E-state index contributed by atoms with van der Waals surface area (Å²) in [6.07, 6.45) is 3.64. The Hall–Kier alpha value is -7.53. The summed E-state index contributed by atoms with van der Waals surface area (Å²) < 4.78 is 74.6. The van der Waals surface area contributed by atoms with Gasteiger partial charge in [0.05, 0.1) is 4.11 Å². The van der Waals surface area contributed by atoms with Gasteiger partial charge in [0, 0.05) is 65.2 Å². The third kappa shape index (κ3) is 7.81. The number of nitrogens with zero attached hydrogens (tertiary/aromatic N) is 4. The Labute approximate surface area is 429 Å². The topological polar surface area (TPSA) is 53.4 Å². The van der Waals surface area contributed by atoms with Crippen molar-refractivity contribution in [3.05, 3.63) is 211 Å². The molecule has 1 aliphatic rings. The van der Waals surface area contributed by atoms with E-state index in [4.69, 9.17) is 17.9 Å². The molecule has 6 heterocycles. The number of fused-ring (bicyclic) bond motifs is 5. The fourth-order valence-corrected chi connectivity index (χ4v) is 9.39. The summed E-state index contributed by atoms with van der Waals surface area (Å²) in [5.74, 6) is 0. The normalized spacial score (nSPS) is 13.5. The van der Waals surface area contributed by atoms with Crippen molar-refractivity contribution in [2.75, 3.05) is 0 Å². The molecule has 14 rings (SSSR count). The predicted octanol–water partition coefficient (Wildman–Crippen LogP) is 16.9. The first-order chi connectivity index (χ1) is 35.8. The maximum absolute atomic E-state index is 9.62. The molecule has 348 valence electrons. The summed E-state index contributed by atoms with van der Waals surface area (Å²) in [5, 5.41) is 3.83. The van der Waals surface area contributed by atoms with E-state index in [2.05, 4.69) is 103 Å². The van der Waals surface area contributed by atoms with Crippen LogP contribution in [0.5, 0.6) is 0 Å². The van der Waals surface area contributed by atoms with Crippen molar-refractivity contribution in [3.8, 4) is 22.5 Å². The van der Waals surface area contributed by atoms with E-state index in [-0.39, 0.29) is 61.3 Å². The minimum Gasteiger partial charge on any atom is -0.510 e. The Morgan fingerprint density at radius 1 is 0.614 bits per heavy atom. The Bertz CT molecular complexity index is 4460. The second kappa shape index (κ2) is 17.2. The molecule has 0 unspecified atom stereocenters.